The molecule has 0 N–H and O–H groups in total. The van der Waals surface area contributed by atoms with Crippen LogP contribution in [0.25, 0.3) is 5.65 Å². The van der Waals surface area contributed by atoms with Crippen molar-refractivity contribution in [3.05, 3.63) is 54.0 Å². The molecule has 4 nitrogen and oxygen atoms in total. The van der Waals surface area contributed by atoms with Gasteiger partial charge in [0.15, 0.2) is 5.65 Å². The number of nitrogens with zero attached hydrogens (tertiary/aromatic N) is 3. The SMILES string of the molecule is Cc1ccccc1Oc1ccc2nnc(C(C)C)n2c1. The quantitative estimate of drug-likeness (QED) is 0.721. The maximum atomic E-state index is 5.94. The van der Waals surface area contributed by atoms with E-state index in [0.717, 1.165) is 28.5 Å². The summed E-state index contributed by atoms with van der Waals surface area (Å²) in [4.78, 5) is 0. The molecule has 0 aliphatic carbocycles. The zero-order valence-electron chi connectivity index (χ0n) is 11.9. The van der Waals surface area contributed by atoms with Gasteiger partial charge in [-0.1, -0.05) is 32.0 Å². The van der Waals surface area contributed by atoms with Gasteiger partial charge >= 0.3 is 0 Å². The normalized spacial score (nSPS) is 11.2. The van der Waals surface area contributed by atoms with Crippen molar-refractivity contribution in [2.75, 3.05) is 0 Å². The molecule has 0 unspecified atom stereocenters. The van der Waals surface area contributed by atoms with Crippen molar-refractivity contribution in [1.82, 2.24) is 14.6 Å². The largest absolute Gasteiger partial charge is 0.456 e. The van der Waals surface area contributed by atoms with Crippen molar-refractivity contribution in [1.29, 1.82) is 0 Å². The van der Waals surface area contributed by atoms with E-state index in [4.69, 9.17) is 4.74 Å². The van der Waals surface area contributed by atoms with Crippen LogP contribution in [-0.2, 0) is 0 Å². The number of aromatic nitrogens is 3. The minimum absolute atomic E-state index is 0.318. The number of fused-ring (bicyclic) bond motifs is 1. The first-order valence-electron chi connectivity index (χ1n) is 6.73. The molecular weight excluding hydrogens is 250 g/mol. The highest BCUT2D eigenvalue weighted by Gasteiger charge is 2.10. The molecule has 3 aromatic rings. The van der Waals surface area contributed by atoms with Crippen LogP contribution in [0.3, 0.4) is 0 Å². The summed E-state index contributed by atoms with van der Waals surface area (Å²) >= 11 is 0. The zero-order chi connectivity index (χ0) is 14.1. The van der Waals surface area contributed by atoms with Crippen LogP contribution in [0.4, 0.5) is 0 Å². The summed E-state index contributed by atoms with van der Waals surface area (Å²) in [5, 5.41) is 8.38. The lowest BCUT2D eigenvalue weighted by Gasteiger charge is -2.09. The first-order valence-corrected chi connectivity index (χ1v) is 6.73. The van der Waals surface area contributed by atoms with Gasteiger partial charge in [-0.2, -0.15) is 0 Å². The molecule has 2 heterocycles. The third-order valence-corrected chi connectivity index (χ3v) is 3.24. The van der Waals surface area contributed by atoms with E-state index >= 15 is 0 Å². The average molecular weight is 267 g/mol. The van der Waals surface area contributed by atoms with Crippen LogP contribution in [0.5, 0.6) is 11.5 Å². The Morgan fingerprint density at radius 2 is 1.85 bits per heavy atom. The van der Waals surface area contributed by atoms with Gasteiger partial charge in [-0.3, -0.25) is 4.40 Å². The lowest BCUT2D eigenvalue weighted by atomic mass is 10.2. The molecule has 0 saturated carbocycles. The van der Waals surface area contributed by atoms with Gasteiger partial charge in [-0.05, 0) is 30.7 Å². The predicted molar refractivity (Wildman–Crippen MR) is 78.3 cm³/mol. The third-order valence-electron chi connectivity index (χ3n) is 3.24. The summed E-state index contributed by atoms with van der Waals surface area (Å²) in [6.07, 6.45) is 1.94. The van der Waals surface area contributed by atoms with E-state index in [1.165, 1.54) is 0 Å². The smallest absolute Gasteiger partial charge is 0.161 e. The Labute approximate surface area is 118 Å². The lowest BCUT2D eigenvalue weighted by molar-refractivity contribution is 0.475. The van der Waals surface area contributed by atoms with Gasteiger partial charge in [0, 0.05) is 5.92 Å². The summed E-state index contributed by atoms with van der Waals surface area (Å²) in [6.45, 7) is 6.24. The van der Waals surface area contributed by atoms with Crippen molar-refractivity contribution < 1.29 is 4.74 Å². The van der Waals surface area contributed by atoms with Gasteiger partial charge in [-0.25, -0.2) is 0 Å². The van der Waals surface area contributed by atoms with Gasteiger partial charge in [0.1, 0.15) is 17.3 Å². The molecule has 0 amide bonds. The molecule has 0 bridgehead atoms. The Kier molecular flexibility index (Phi) is 3.14. The number of rotatable bonds is 3. The Hall–Kier alpha value is -2.36. The van der Waals surface area contributed by atoms with Crippen molar-refractivity contribution in [3.8, 4) is 11.5 Å². The van der Waals surface area contributed by atoms with E-state index < -0.39 is 0 Å². The molecule has 102 valence electrons. The molecule has 0 aliphatic heterocycles. The van der Waals surface area contributed by atoms with Gasteiger partial charge in [0.25, 0.3) is 0 Å². The highest BCUT2D eigenvalue weighted by atomic mass is 16.5. The van der Waals surface area contributed by atoms with E-state index in [1.54, 1.807) is 0 Å². The second kappa shape index (κ2) is 4.96. The number of aryl methyl sites for hydroxylation is 1. The summed E-state index contributed by atoms with van der Waals surface area (Å²) < 4.78 is 7.93. The minimum Gasteiger partial charge on any atom is -0.456 e. The molecule has 2 aromatic heterocycles. The van der Waals surface area contributed by atoms with Crippen LogP contribution in [0.15, 0.2) is 42.6 Å². The van der Waals surface area contributed by atoms with Gasteiger partial charge in [0.2, 0.25) is 0 Å². The van der Waals surface area contributed by atoms with Crippen LogP contribution >= 0.6 is 0 Å². The zero-order valence-corrected chi connectivity index (χ0v) is 11.9. The second-order valence-electron chi connectivity index (χ2n) is 5.17. The highest BCUT2D eigenvalue weighted by molar-refractivity contribution is 5.44. The van der Waals surface area contributed by atoms with Crippen LogP contribution in [0.1, 0.15) is 31.2 Å². The maximum absolute atomic E-state index is 5.94. The molecule has 0 radical (unpaired) electrons. The molecule has 0 fully saturated rings. The summed E-state index contributed by atoms with van der Waals surface area (Å²) in [6, 6.07) is 11.8. The first-order chi connectivity index (χ1) is 9.65. The van der Waals surface area contributed by atoms with E-state index in [0.29, 0.717) is 5.92 Å². The summed E-state index contributed by atoms with van der Waals surface area (Å²) in [5.74, 6) is 2.91. The van der Waals surface area contributed by atoms with E-state index in [9.17, 15) is 0 Å². The third kappa shape index (κ3) is 2.25. The van der Waals surface area contributed by atoms with Crippen molar-refractivity contribution >= 4 is 5.65 Å². The molecule has 3 rings (SSSR count). The van der Waals surface area contributed by atoms with Crippen molar-refractivity contribution in [3.63, 3.8) is 0 Å². The minimum atomic E-state index is 0.318. The van der Waals surface area contributed by atoms with Crippen LogP contribution in [0, 0.1) is 6.92 Å². The topological polar surface area (TPSA) is 39.4 Å². The monoisotopic (exact) mass is 267 g/mol. The van der Waals surface area contributed by atoms with Crippen LogP contribution in [0.2, 0.25) is 0 Å². The van der Waals surface area contributed by atoms with E-state index in [2.05, 4.69) is 24.0 Å². The molecule has 4 heteroatoms. The summed E-state index contributed by atoms with van der Waals surface area (Å²) in [7, 11) is 0. The average Bonchev–Trinajstić information content (AvgIpc) is 2.84. The number of benzene rings is 1. The standard InChI is InChI=1S/C16H17N3O/c1-11(2)16-18-17-15-9-8-13(10-19(15)16)20-14-7-5-4-6-12(14)3/h4-11H,1-3H3. The maximum Gasteiger partial charge on any atom is 0.161 e. The molecule has 1 aromatic carbocycles. The Morgan fingerprint density at radius 3 is 2.60 bits per heavy atom. The molecule has 0 saturated heterocycles. The van der Waals surface area contributed by atoms with Crippen LogP contribution in [-0.4, -0.2) is 14.6 Å². The number of pyridine rings is 1. The van der Waals surface area contributed by atoms with Crippen molar-refractivity contribution in [2.45, 2.75) is 26.7 Å². The lowest BCUT2D eigenvalue weighted by Crippen LogP contribution is -1.97. The van der Waals surface area contributed by atoms with E-state index in [1.807, 2.05) is 53.9 Å². The molecule has 20 heavy (non-hydrogen) atoms. The Bertz CT molecular complexity index is 746. The van der Waals surface area contributed by atoms with Gasteiger partial charge in [0.05, 0.1) is 6.20 Å². The number of hydrogen-bond acceptors (Lipinski definition) is 3. The highest BCUT2D eigenvalue weighted by Crippen LogP contribution is 2.25. The fraction of sp³-hybridized carbons (Fsp3) is 0.250. The Morgan fingerprint density at radius 1 is 1.05 bits per heavy atom. The van der Waals surface area contributed by atoms with Gasteiger partial charge < -0.3 is 4.74 Å². The fourth-order valence-corrected chi connectivity index (χ4v) is 2.14. The van der Waals surface area contributed by atoms with Crippen LogP contribution < -0.4 is 4.74 Å². The predicted octanol–water partition coefficient (Wildman–Crippen LogP) is 3.95. The van der Waals surface area contributed by atoms with Gasteiger partial charge in [-0.15, -0.1) is 10.2 Å². The fourth-order valence-electron chi connectivity index (χ4n) is 2.14. The molecule has 0 spiro atoms. The number of ether oxygens (including phenoxy) is 1. The number of hydrogen-bond donors (Lipinski definition) is 0. The first kappa shape index (κ1) is 12.7. The van der Waals surface area contributed by atoms with Crippen molar-refractivity contribution in [2.24, 2.45) is 0 Å². The number of para-hydroxylation sites is 1. The van der Waals surface area contributed by atoms with E-state index in [-0.39, 0.29) is 0 Å². The second-order valence-corrected chi connectivity index (χ2v) is 5.17. The molecule has 0 atom stereocenters. The summed E-state index contributed by atoms with van der Waals surface area (Å²) in [5.41, 5.74) is 1.95. The molecular formula is C16H17N3O. The Balaban J connectivity index is 2.00. The molecule has 0 aliphatic rings.